The van der Waals surface area contributed by atoms with Gasteiger partial charge in [0.05, 0.1) is 26.0 Å². The number of ether oxygens (including phenoxy) is 2. The first-order valence-electron chi connectivity index (χ1n) is 10.6. The molecule has 0 saturated carbocycles. The molecule has 1 aliphatic rings. The topological polar surface area (TPSA) is 80.9 Å². The predicted octanol–water partition coefficient (Wildman–Crippen LogP) is 3.33. The number of methoxy groups -OCH3 is 1. The zero-order valence-electron chi connectivity index (χ0n) is 18.9. The Hall–Kier alpha value is -3.23. The van der Waals surface area contributed by atoms with Crippen LogP contribution >= 0.6 is 0 Å². The molecule has 0 aliphatic carbocycles. The maximum absolute atomic E-state index is 13.2. The number of hydrogen-bond donors (Lipinski definition) is 0. The molecule has 32 heavy (non-hydrogen) atoms. The van der Waals surface area contributed by atoms with Crippen molar-refractivity contribution in [2.24, 2.45) is 0 Å². The summed E-state index contributed by atoms with van der Waals surface area (Å²) in [7, 11) is 5.55. The van der Waals surface area contributed by atoms with Crippen LogP contribution in [0.2, 0.25) is 0 Å². The van der Waals surface area contributed by atoms with Crippen molar-refractivity contribution in [3.8, 4) is 16.9 Å². The second-order valence-corrected chi connectivity index (χ2v) is 8.12. The lowest BCUT2D eigenvalue weighted by molar-refractivity contribution is -0.0250. The fourth-order valence-electron chi connectivity index (χ4n) is 3.79. The highest BCUT2D eigenvalue weighted by Crippen LogP contribution is 2.27. The van der Waals surface area contributed by atoms with Gasteiger partial charge in [-0.15, -0.1) is 0 Å². The van der Waals surface area contributed by atoms with E-state index in [2.05, 4.69) is 10.1 Å². The van der Waals surface area contributed by atoms with Crippen molar-refractivity contribution in [3.63, 3.8) is 0 Å². The van der Waals surface area contributed by atoms with E-state index in [1.165, 1.54) is 0 Å². The lowest BCUT2D eigenvalue weighted by Crippen LogP contribution is -2.43. The van der Waals surface area contributed by atoms with Gasteiger partial charge in [-0.25, -0.2) is 0 Å². The molecule has 1 aliphatic heterocycles. The fraction of sp³-hybridized carbons (Fsp3) is 0.375. The molecule has 0 N–H and O–H groups in total. The summed E-state index contributed by atoms with van der Waals surface area (Å²) in [6.45, 7) is 3.79. The molecule has 168 valence electrons. The van der Waals surface area contributed by atoms with Gasteiger partial charge < -0.3 is 23.8 Å². The number of nitrogens with zero attached hydrogens (tertiary/aromatic N) is 4. The molecule has 1 aromatic carbocycles. The lowest BCUT2D eigenvalue weighted by atomic mass is 10.1. The average Bonchev–Trinajstić information content (AvgIpc) is 3.18. The summed E-state index contributed by atoms with van der Waals surface area (Å²) in [6, 6.07) is 11.8. The molecule has 1 atom stereocenters. The molecule has 2 aromatic heterocycles. The summed E-state index contributed by atoms with van der Waals surface area (Å²) in [4.78, 5) is 21.6. The largest absolute Gasteiger partial charge is 0.497 e. The minimum Gasteiger partial charge on any atom is -0.497 e. The highest BCUT2D eigenvalue weighted by molar-refractivity contribution is 5.94. The lowest BCUT2D eigenvalue weighted by Gasteiger charge is -2.32. The maximum Gasteiger partial charge on any atom is 0.276 e. The first-order chi connectivity index (χ1) is 15.5. The molecule has 8 heteroatoms. The quantitative estimate of drug-likeness (QED) is 0.586. The Bertz CT molecular complexity index is 1080. The predicted molar refractivity (Wildman–Crippen MR) is 119 cm³/mol. The molecule has 0 radical (unpaired) electrons. The van der Waals surface area contributed by atoms with Crippen molar-refractivity contribution < 1.29 is 18.8 Å². The second kappa shape index (κ2) is 9.50. The summed E-state index contributed by atoms with van der Waals surface area (Å²) in [5.41, 5.74) is 4.00. The van der Waals surface area contributed by atoms with Gasteiger partial charge in [0.2, 0.25) is 0 Å². The Balaban J connectivity index is 1.49. The van der Waals surface area contributed by atoms with Gasteiger partial charge >= 0.3 is 0 Å². The average molecular weight is 437 g/mol. The van der Waals surface area contributed by atoms with Crippen LogP contribution in [-0.4, -0.2) is 66.7 Å². The highest BCUT2D eigenvalue weighted by Gasteiger charge is 2.30. The molecule has 0 spiro atoms. The van der Waals surface area contributed by atoms with E-state index in [0.717, 1.165) is 28.1 Å². The number of aryl methyl sites for hydroxylation is 1. The van der Waals surface area contributed by atoms with Gasteiger partial charge in [0.15, 0.2) is 5.69 Å². The van der Waals surface area contributed by atoms with E-state index in [1.807, 2.05) is 68.5 Å². The molecule has 0 unspecified atom stereocenters. The van der Waals surface area contributed by atoms with Crippen LogP contribution in [0.25, 0.3) is 11.1 Å². The minimum atomic E-state index is -0.294. The zero-order valence-corrected chi connectivity index (χ0v) is 18.9. The van der Waals surface area contributed by atoms with Gasteiger partial charge in [-0.3, -0.25) is 9.78 Å². The SMILES string of the molecule is COc1cccc(-c2ccc([C@@H]3CN(C(=O)c4noc(C)c4CN(C)C)CCO3)nc2)c1. The van der Waals surface area contributed by atoms with E-state index < -0.39 is 0 Å². The fourth-order valence-corrected chi connectivity index (χ4v) is 3.79. The third kappa shape index (κ3) is 4.66. The summed E-state index contributed by atoms with van der Waals surface area (Å²) >= 11 is 0. The van der Waals surface area contributed by atoms with Crippen LogP contribution in [0.15, 0.2) is 47.1 Å². The van der Waals surface area contributed by atoms with Gasteiger partial charge in [0.25, 0.3) is 5.91 Å². The van der Waals surface area contributed by atoms with E-state index >= 15 is 0 Å². The number of morpholine rings is 1. The van der Waals surface area contributed by atoms with Crippen LogP contribution in [-0.2, 0) is 11.3 Å². The van der Waals surface area contributed by atoms with Gasteiger partial charge in [0.1, 0.15) is 17.6 Å². The van der Waals surface area contributed by atoms with E-state index in [0.29, 0.717) is 37.7 Å². The minimum absolute atomic E-state index is 0.139. The molecule has 8 nitrogen and oxygen atoms in total. The number of carbonyl (C=O) groups is 1. The van der Waals surface area contributed by atoms with Crippen LogP contribution in [0, 0.1) is 6.92 Å². The number of rotatable bonds is 6. The van der Waals surface area contributed by atoms with Gasteiger partial charge in [-0.1, -0.05) is 23.4 Å². The van der Waals surface area contributed by atoms with Crippen LogP contribution in [0.1, 0.15) is 33.6 Å². The first kappa shape index (κ1) is 22.0. The molecule has 3 aromatic rings. The van der Waals surface area contributed by atoms with Crippen molar-refractivity contribution in [1.29, 1.82) is 0 Å². The molecular weight excluding hydrogens is 408 g/mol. The normalized spacial score (nSPS) is 16.4. The molecule has 0 bridgehead atoms. The Labute approximate surface area is 187 Å². The van der Waals surface area contributed by atoms with Crippen LogP contribution in [0.4, 0.5) is 0 Å². The van der Waals surface area contributed by atoms with Crippen molar-refractivity contribution in [1.82, 2.24) is 19.9 Å². The van der Waals surface area contributed by atoms with E-state index in [-0.39, 0.29) is 12.0 Å². The van der Waals surface area contributed by atoms with Crippen molar-refractivity contribution in [2.75, 3.05) is 40.9 Å². The Kier molecular flexibility index (Phi) is 6.53. The number of pyridine rings is 1. The number of carbonyl (C=O) groups excluding carboxylic acids is 1. The molecule has 1 amide bonds. The Morgan fingerprint density at radius 3 is 2.81 bits per heavy atom. The molecular formula is C24H28N4O4. The van der Waals surface area contributed by atoms with E-state index in [1.54, 1.807) is 12.0 Å². The molecule has 1 saturated heterocycles. The van der Waals surface area contributed by atoms with Gasteiger partial charge in [0, 0.05) is 30.4 Å². The molecule has 3 heterocycles. The third-order valence-electron chi connectivity index (χ3n) is 5.53. The first-order valence-corrected chi connectivity index (χ1v) is 10.6. The summed E-state index contributed by atoms with van der Waals surface area (Å²) in [5.74, 6) is 1.33. The van der Waals surface area contributed by atoms with Crippen LogP contribution in [0.5, 0.6) is 5.75 Å². The summed E-state index contributed by atoms with van der Waals surface area (Å²) < 4.78 is 16.6. The molecule has 1 fully saturated rings. The number of hydrogen-bond acceptors (Lipinski definition) is 7. The number of aromatic nitrogens is 2. The van der Waals surface area contributed by atoms with Gasteiger partial charge in [-0.2, -0.15) is 0 Å². The highest BCUT2D eigenvalue weighted by atomic mass is 16.5. The zero-order chi connectivity index (χ0) is 22.7. The number of amides is 1. The molecule has 4 rings (SSSR count). The second-order valence-electron chi connectivity index (χ2n) is 8.12. The van der Waals surface area contributed by atoms with E-state index in [4.69, 9.17) is 14.0 Å². The van der Waals surface area contributed by atoms with Gasteiger partial charge in [-0.05, 0) is 44.8 Å². The Morgan fingerprint density at radius 1 is 1.25 bits per heavy atom. The smallest absolute Gasteiger partial charge is 0.276 e. The number of benzene rings is 1. The summed E-state index contributed by atoms with van der Waals surface area (Å²) in [6.07, 6.45) is 1.53. The maximum atomic E-state index is 13.2. The van der Waals surface area contributed by atoms with Crippen molar-refractivity contribution in [2.45, 2.75) is 19.6 Å². The monoisotopic (exact) mass is 436 g/mol. The van der Waals surface area contributed by atoms with Crippen LogP contribution < -0.4 is 4.74 Å². The van der Waals surface area contributed by atoms with Crippen molar-refractivity contribution in [3.05, 3.63) is 65.3 Å². The Morgan fingerprint density at radius 2 is 2.09 bits per heavy atom. The standard InChI is InChI=1S/C24H28N4O4/c1-16-20(14-27(2)3)23(26-32-16)24(29)28-10-11-31-22(15-28)21-9-8-18(13-25-21)17-6-5-7-19(12-17)30-4/h5-9,12-13,22H,10-11,14-15H2,1-4H3/t22-/m0/s1. The van der Waals surface area contributed by atoms with E-state index in [9.17, 15) is 4.79 Å². The van der Waals surface area contributed by atoms with Crippen molar-refractivity contribution >= 4 is 5.91 Å². The van der Waals surface area contributed by atoms with Crippen LogP contribution in [0.3, 0.4) is 0 Å². The third-order valence-corrected chi connectivity index (χ3v) is 5.53. The summed E-state index contributed by atoms with van der Waals surface area (Å²) in [5, 5.41) is 4.04.